The number of carbonyl (C=O) groups excluding carboxylic acids is 2. The van der Waals surface area contributed by atoms with Crippen LogP contribution < -0.4 is 5.32 Å². The molecule has 100 valence electrons. The first kappa shape index (κ1) is 14.0. The number of ether oxygens (including phenoxy) is 2. The Bertz CT molecular complexity index is 413. The lowest BCUT2D eigenvalue weighted by molar-refractivity contribution is -0.222. The van der Waals surface area contributed by atoms with E-state index in [1.807, 2.05) is 0 Å². The third-order valence-corrected chi connectivity index (χ3v) is 2.23. The highest BCUT2D eigenvalue weighted by Gasteiger charge is 2.39. The number of hydrogen-bond donors (Lipinski definition) is 2. The molecule has 0 aromatic rings. The summed E-state index contributed by atoms with van der Waals surface area (Å²) < 4.78 is 9.69. The quantitative estimate of drug-likeness (QED) is 0.421. The number of aliphatic carboxylic acids is 1. The number of esters is 2. The summed E-state index contributed by atoms with van der Waals surface area (Å²) in [4.78, 5) is 33.9. The molecule has 0 atom stereocenters. The maximum Gasteiger partial charge on any atom is 0.350 e. The van der Waals surface area contributed by atoms with Crippen LogP contribution in [0.5, 0.6) is 0 Å². The first-order chi connectivity index (χ1) is 8.05. The number of cyclic esters (lactones) is 2. The van der Waals surface area contributed by atoms with Crippen molar-refractivity contribution in [2.24, 2.45) is 0 Å². The second-order valence-corrected chi connectivity index (χ2v) is 4.81. The van der Waals surface area contributed by atoms with E-state index >= 15 is 0 Å². The van der Waals surface area contributed by atoms with E-state index in [4.69, 9.17) is 14.6 Å². The third kappa shape index (κ3) is 2.99. The molecule has 1 fully saturated rings. The van der Waals surface area contributed by atoms with E-state index in [2.05, 4.69) is 5.32 Å². The van der Waals surface area contributed by atoms with Crippen LogP contribution in [0.3, 0.4) is 0 Å². The monoisotopic (exact) mass is 257 g/mol. The van der Waals surface area contributed by atoms with Crippen LogP contribution in [0.15, 0.2) is 11.8 Å². The number of nitrogens with one attached hydrogen (secondary N) is 1. The highest BCUT2D eigenvalue weighted by Crippen LogP contribution is 2.22. The van der Waals surface area contributed by atoms with Gasteiger partial charge in [-0.3, -0.25) is 0 Å². The Hall–Kier alpha value is -2.05. The van der Waals surface area contributed by atoms with Crippen molar-refractivity contribution in [1.29, 1.82) is 0 Å². The Morgan fingerprint density at radius 1 is 1.28 bits per heavy atom. The van der Waals surface area contributed by atoms with Gasteiger partial charge in [-0.1, -0.05) is 0 Å². The van der Waals surface area contributed by atoms with E-state index in [0.29, 0.717) is 0 Å². The molecule has 1 aliphatic heterocycles. The van der Waals surface area contributed by atoms with E-state index in [1.165, 1.54) is 27.7 Å². The predicted octanol–water partition coefficient (Wildman–Crippen LogP) is 0.159. The van der Waals surface area contributed by atoms with Gasteiger partial charge in [-0.25, -0.2) is 14.4 Å². The lowest BCUT2D eigenvalue weighted by Gasteiger charge is -2.30. The Labute approximate surface area is 104 Å². The van der Waals surface area contributed by atoms with Gasteiger partial charge in [0.25, 0.3) is 5.79 Å². The zero-order chi connectivity index (χ0) is 14.1. The van der Waals surface area contributed by atoms with E-state index < -0.39 is 29.2 Å². The second-order valence-electron chi connectivity index (χ2n) is 4.81. The molecule has 0 spiro atoms. The zero-order valence-electron chi connectivity index (χ0n) is 10.6. The Balaban J connectivity index is 2.88. The van der Waals surface area contributed by atoms with Gasteiger partial charge in [-0.2, -0.15) is 0 Å². The lowest BCUT2D eigenvalue weighted by Crippen LogP contribution is -2.46. The Kier molecular flexibility index (Phi) is 3.36. The molecular weight excluding hydrogens is 242 g/mol. The van der Waals surface area contributed by atoms with Gasteiger partial charge in [0.15, 0.2) is 5.57 Å². The van der Waals surface area contributed by atoms with Gasteiger partial charge in [0.2, 0.25) is 0 Å². The van der Waals surface area contributed by atoms with Gasteiger partial charge < -0.3 is 19.9 Å². The average molecular weight is 257 g/mol. The fourth-order valence-corrected chi connectivity index (χ4v) is 1.09. The molecule has 1 aliphatic rings. The van der Waals surface area contributed by atoms with Crippen LogP contribution in [0, 0.1) is 0 Å². The molecule has 0 unspecified atom stereocenters. The summed E-state index contributed by atoms with van der Waals surface area (Å²) in [5.74, 6) is -4.15. The molecule has 0 bridgehead atoms. The molecule has 0 saturated carbocycles. The number of rotatable bonds is 3. The molecule has 7 nitrogen and oxygen atoms in total. The van der Waals surface area contributed by atoms with Crippen LogP contribution >= 0.6 is 0 Å². The van der Waals surface area contributed by atoms with Crippen molar-refractivity contribution in [2.75, 3.05) is 0 Å². The van der Waals surface area contributed by atoms with Gasteiger partial charge >= 0.3 is 17.9 Å². The number of carboxylic acids is 1. The van der Waals surface area contributed by atoms with E-state index in [-0.39, 0.29) is 5.57 Å². The number of carbonyl (C=O) groups is 3. The molecule has 18 heavy (non-hydrogen) atoms. The van der Waals surface area contributed by atoms with E-state index in [0.717, 1.165) is 6.20 Å². The minimum atomic E-state index is -1.32. The van der Waals surface area contributed by atoms with Gasteiger partial charge in [-0.15, -0.1) is 0 Å². The average Bonchev–Trinajstić information content (AvgIpc) is 2.13. The maximum atomic E-state index is 11.5. The van der Waals surface area contributed by atoms with Crippen LogP contribution in [0.25, 0.3) is 0 Å². The number of carboxylic acid groups (broad SMARTS) is 1. The first-order valence-electron chi connectivity index (χ1n) is 5.23. The van der Waals surface area contributed by atoms with Crippen molar-refractivity contribution in [2.45, 2.75) is 39.0 Å². The molecule has 0 aromatic heterocycles. The molecule has 0 amide bonds. The molecule has 2 N–H and O–H groups in total. The number of hydrogen-bond acceptors (Lipinski definition) is 6. The molecular formula is C11H15NO6. The van der Waals surface area contributed by atoms with Gasteiger partial charge in [-0.05, 0) is 13.8 Å². The van der Waals surface area contributed by atoms with E-state index in [1.54, 1.807) is 0 Å². The van der Waals surface area contributed by atoms with Gasteiger partial charge in [0, 0.05) is 20.0 Å². The summed E-state index contributed by atoms with van der Waals surface area (Å²) in [7, 11) is 0. The third-order valence-electron chi connectivity index (χ3n) is 2.23. The van der Waals surface area contributed by atoms with Crippen LogP contribution in [0.2, 0.25) is 0 Å². The Morgan fingerprint density at radius 2 is 1.72 bits per heavy atom. The minimum absolute atomic E-state index is 0.372. The SMILES string of the molecule is CC1(C)OC(=O)C(=CNC(C)(C)C(=O)O)C(=O)O1. The summed E-state index contributed by atoms with van der Waals surface area (Å²) in [5, 5.41) is 11.3. The van der Waals surface area contributed by atoms with Gasteiger partial charge in [0.05, 0.1) is 0 Å². The van der Waals surface area contributed by atoms with Crippen molar-refractivity contribution in [3.05, 3.63) is 11.8 Å². The molecule has 1 heterocycles. The molecule has 1 saturated heterocycles. The smallest absolute Gasteiger partial charge is 0.350 e. The lowest BCUT2D eigenvalue weighted by atomic mass is 10.1. The Morgan fingerprint density at radius 3 is 2.11 bits per heavy atom. The predicted molar refractivity (Wildman–Crippen MR) is 59.2 cm³/mol. The summed E-state index contributed by atoms with van der Waals surface area (Å²) in [5.41, 5.74) is -1.69. The van der Waals surface area contributed by atoms with Crippen LogP contribution in [-0.4, -0.2) is 34.3 Å². The highest BCUT2D eigenvalue weighted by molar-refractivity contribution is 6.15. The standard InChI is InChI=1S/C11H15NO6/c1-10(2,9(15)16)12-5-6-7(13)17-11(3,4)18-8(6)14/h5,12H,1-4H3,(H,15,16). The van der Waals surface area contributed by atoms with Crippen LogP contribution in [0.4, 0.5) is 0 Å². The van der Waals surface area contributed by atoms with Crippen molar-refractivity contribution < 1.29 is 29.0 Å². The van der Waals surface area contributed by atoms with Crippen LogP contribution in [0.1, 0.15) is 27.7 Å². The van der Waals surface area contributed by atoms with Crippen molar-refractivity contribution >= 4 is 17.9 Å². The molecule has 0 aliphatic carbocycles. The highest BCUT2D eigenvalue weighted by atomic mass is 16.7. The van der Waals surface area contributed by atoms with E-state index in [9.17, 15) is 14.4 Å². The fourth-order valence-electron chi connectivity index (χ4n) is 1.09. The van der Waals surface area contributed by atoms with Gasteiger partial charge in [0.1, 0.15) is 5.54 Å². The first-order valence-corrected chi connectivity index (χ1v) is 5.23. The topological polar surface area (TPSA) is 102 Å². The summed E-state index contributed by atoms with van der Waals surface area (Å²) in [6.07, 6.45) is 0.994. The minimum Gasteiger partial charge on any atom is -0.480 e. The molecule has 0 radical (unpaired) electrons. The van der Waals surface area contributed by atoms with Crippen molar-refractivity contribution in [3.8, 4) is 0 Å². The van der Waals surface area contributed by atoms with Crippen molar-refractivity contribution in [3.63, 3.8) is 0 Å². The zero-order valence-corrected chi connectivity index (χ0v) is 10.6. The summed E-state index contributed by atoms with van der Waals surface area (Å²) in [6.45, 7) is 5.62. The molecule has 0 aromatic carbocycles. The second kappa shape index (κ2) is 4.32. The summed E-state index contributed by atoms with van der Waals surface area (Å²) >= 11 is 0. The maximum absolute atomic E-state index is 11.5. The fraction of sp³-hybridized carbons (Fsp3) is 0.545. The van der Waals surface area contributed by atoms with Crippen LogP contribution in [-0.2, 0) is 23.9 Å². The molecule has 1 rings (SSSR count). The largest absolute Gasteiger partial charge is 0.480 e. The molecule has 7 heteroatoms. The summed E-state index contributed by atoms with van der Waals surface area (Å²) in [6, 6.07) is 0. The normalized spacial score (nSPS) is 18.8. The van der Waals surface area contributed by atoms with Crippen molar-refractivity contribution in [1.82, 2.24) is 5.32 Å².